The Bertz CT molecular complexity index is 273. The summed E-state index contributed by atoms with van der Waals surface area (Å²) in [5, 5.41) is 12.3. The third kappa shape index (κ3) is 4.84. The third-order valence-electron chi connectivity index (χ3n) is 2.47. The number of nitrogens with one attached hydrogen (secondary N) is 1. The highest BCUT2D eigenvalue weighted by Gasteiger charge is 1.94. The number of hydrogen-bond donors (Lipinski definition) is 2. The fraction of sp³-hybridized carbons (Fsp3) is 0.538. The second-order valence-electron chi connectivity index (χ2n) is 3.85. The third-order valence-corrected chi connectivity index (χ3v) is 2.47. The maximum absolute atomic E-state index is 8.98. The van der Waals surface area contributed by atoms with E-state index in [9.17, 15) is 0 Å². The van der Waals surface area contributed by atoms with E-state index in [-0.39, 0.29) is 6.61 Å². The Kier molecular flexibility index (Phi) is 5.86. The second-order valence-corrected chi connectivity index (χ2v) is 3.85. The molecule has 0 aliphatic rings. The van der Waals surface area contributed by atoms with E-state index in [0.717, 1.165) is 17.8 Å². The first-order valence-corrected chi connectivity index (χ1v) is 5.80. The van der Waals surface area contributed by atoms with Gasteiger partial charge < -0.3 is 10.4 Å². The van der Waals surface area contributed by atoms with Crippen molar-refractivity contribution < 1.29 is 5.11 Å². The standard InChI is InChI=1S/C13H21NO/c1-2-3-4-5-9-14-13-8-6-7-12(10-13)11-15/h6-8,10,14-15H,2-5,9,11H2,1H3. The Labute approximate surface area is 92.3 Å². The topological polar surface area (TPSA) is 32.3 Å². The number of rotatable bonds is 7. The predicted octanol–water partition coefficient (Wildman–Crippen LogP) is 3.17. The van der Waals surface area contributed by atoms with E-state index in [4.69, 9.17) is 5.11 Å². The molecule has 0 aromatic heterocycles. The largest absolute Gasteiger partial charge is 0.392 e. The Morgan fingerprint density at radius 1 is 1.20 bits per heavy atom. The van der Waals surface area contributed by atoms with Gasteiger partial charge in [0.05, 0.1) is 6.61 Å². The molecule has 0 fully saturated rings. The van der Waals surface area contributed by atoms with Crippen LogP contribution < -0.4 is 5.32 Å². The van der Waals surface area contributed by atoms with Gasteiger partial charge >= 0.3 is 0 Å². The van der Waals surface area contributed by atoms with Crippen LogP contribution in [0.5, 0.6) is 0 Å². The van der Waals surface area contributed by atoms with Crippen molar-refractivity contribution in [3.05, 3.63) is 29.8 Å². The molecule has 15 heavy (non-hydrogen) atoms. The monoisotopic (exact) mass is 207 g/mol. The van der Waals surface area contributed by atoms with Gasteiger partial charge in [0.15, 0.2) is 0 Å². The zero-order valence-corrected chi connectivity index (χ0v) is 9.50. The van der Waals surface area contributed by atoms with Crippen LogP contribution in [0.25, 0.3) is 0 Å². The molecule has 0 saturated carbocycles. The first-order chi connectivity index (χ1) is 7.36. The highest BCUT2D eigenvalue weighted by atomic mass is 16.3. The lowest BCUT2D eigenvalue weighted by molar-refractivity contribution is 0.282. The van der Waals surface area contributed by atoms with Gasteiger partial charge in [0.2, 0.25) is 0 Å². The minimum atomic E-state index is 0.116. The summed E-state index contributed by atoms with van der Waals surface area (Å²) >= 11 is 0. The fourth-order valence-corrected chi connectivity index (χ4v) is 1.56. The van der Waals surface area contributed by atoms with Crippen molar-refractivity contribution in [1.29, 1.82) is 0 Å². The van der Waals surface area contributed by atoms with E-state index in [1.54, 1.807) is 0 Å². The van der Waals surface area contributed by atoms with Crippen molar-refractivity contribution in [1.82, 2.24) is 0 Å². The molecule has 1 aromatic carbocycles. The molecule has 0 radical (unpaired) electrons. The highest BCUT2D eigenvalue weighted by molar-refractivity contribution is 5.45. The maximum Gasteiger partial charge on any atom is 0.0682 e. The van der Waals surface area contributed by atoms with Crippen LogP contribution >= 0.6 is 0 Å². The van der Waals surface area contributed by atoms with Crippen LogP contribution in [0.15, 0.2) is 24.3 Å². The molecular formula is C13H21NO. The first-order valence-electron chi connectivity index (χ1n) is 5.80. The fourth-order valence-electron chi connectivity index (χ4n) is 1.56. The SMILES string of the molecule is CCCCCCNc1cccc(CO)c1. The van der Waals surface area contributed by atoms with Crippen molar-refractivity contribution in [2.24, 2.45) is 0 Å². The van der Waals surface area contributed by atoms with E-state index in [2.05, 4.69) is 12.2 Å². The summed E-state index contributed by atoms with van der Waals surface area (Å²) in [5.74, 6) is 0. The predicted molar refractivity (Wildman–Crippen MR) is 65.0 cm³/mol. The summed E-state index contributed by atoms with van der Waals surface area (Å²) in [6.45, 7) is 3.36. The molecule has 1 rings (SSSR count). The van der Waals surface area contributed by atoms with Gasteiger partial charge in [0.25, 0.3) is 0 Å². The van der Waals surface area contributed by atoms with Gasteiger partial charge in [-0.15, -0.1) is 0 Å². The average molecular weight is 207 g/mol. The van der Waals surface area contributed by atoms with Crippen molar-refractivity contribution in [2.75, 3.05) is 11.9 Å². The molecule has 0 amide bonds. The van der Waals surface area contributed by atoms with Crippen molar-refractivity contribution >= 4 is 5.69 Å². The molecule has 0 atom stereocenters. The van der Waals surface area contributed by atoms with Crippen LogP contribution in [-0.4, -0.2) is 11.7 Å². The number of hydrogen-bond acceptors (Lipinski definition) is 2. The van der Waals surface area contributed by atoms with E-state index in [1.807, 2.05) is 24.3 Å². The molecule has 0 bridgehead atoms. The molecule has 1 aromatic rings. The molecule has 2 nitrogen and oxygen atoms in total. The number of aliphatic hydroxyl groups is 1. The first kappa shape index (κ1) is 12.1. The van der Waals surface area contributed by atoms with Gasteiger partial charge in [-0.25, -0.2) is 0 Å². The lowest BCUT2D eigenvalue weighted by Crippen LogP contribution is -2.01. The minimum absolute atomic E-state index is 0.116. The number of anilines is 1. The minimum Gasteiger partial charge on any atom is -0.392 e. The Hall–Kier alpha value is -1.02. The van der Waals surface area contributed by atoms with Gasteiger partial charge in [0, 0.05) is 12.2 Å². The molecule has 0 saturated heterocycles. The zero-order valence-electron chi connectivity index (χ0n) is 9.50. The Morgan fingerprint density at radius 3 is 2.80 bits per heavy atom. The van der Waals surface area contributed by atoms with Crippen molar-refractivity contribution in [3.8, 4) is 0 Å². The van der Waals surface area contributed by atoms with Crippen molar-refractivity contribution in [2.45, 2.75) is 39.2 Å². The van der Waals surface area contributed by atoms with Gasteiger partial charge in [0.1, 0.15) is 0 Å². The van der Waals surface area contributed by atoms with E-state index in [0.29, 0.717) is 0 Å². The molecule has 0 heterocycles. The molecule has 0 aliphatic heterocycles. The quantitative estimate of drug-likeness (QED) is 0.673. The summed E-state index contributed by atoms with van der Waals surface area (Å²) in [5.41, 5.74) is 2.08. The maximum atomic E-state index is 8.98. The lowest BCUT2D eigenvalue weighted by Gasteiger charge is -2.07. The van der Waals surface area contributed by atoms with Gasteiger partial charge in [-0.2, -0.15) is 0 Å². The molecule has 84 valence electrons. The molecule has 0 spiro atoms. The van der Waals surface area contributed by atoms with E-state index in [1.165, 1.54) is 25.7 Å². The highest BCUT2D eigenvalue weighted by Crippen LogP contribution is 2.10. The van der Waals surface area contributed by atoms with Crippen LogP contribution in [0.2, 0.25) is 0 Å². The van der Waals surface area contributed by atoms with Crippen LogP contribution in [-0.2, 0) is 6.61 Å². The summed E-state index contributed by atoms with van der Waals surface area (Å²) < 4.78 is 0. The van der Waals surface area contributed by atoms with Crippen LogP contribution in [0.4, 0.5) is 5.69 Å². The number of benzene rings is 1. The molecule has 0 aliphatic carbocycles. The summed E-state index contributed by atoms with van der Waals surface area (Å²) in [6.07, 6.45) is 5.11. The van der Waals surface area contributed by atoms with Crippen LogP contribution in [0, 0.1) is 0 Å². The molecule has 0 unspecified atom stereocenters. The zero-order chi connectivity index (χ0) is 10.9. The molecule has 2 heteroatoms. The Morgan fingerprint density at radius 2 is 2.07 bits per heavy atom. The second kappa shape index (κ2) is 7.30. The van der Waals surface area contributed by atoms with Crippen molar-refractivity contribution in [3.63, 3.8) is 0 Å². The Balaban J connectivity index is 2.24. The summed E-state index contributed by atoms with van der Waals surface area (Å²) in [4.78, 5) is 0. The van der Waals surface area contributed by atoms with Crippen LogP contribution in [0.3, 0.4) is 0 Å². The lowest BCUT2D eigenvalue weighted by atomic mass is 10.2. The molecule has 2 N–H and O–H groups in total. The van der Waals surface area contributed by atoms with Gasteiger partial charge in [-0.05, 0) is 24.1 Å². The average Bonchev–Trinajstić information content (AvgIpc) is 2.29. The van der Waals surface area contributed by atoms with Gasteiger partial charge in [-0.3, -0.25) is 0 Å². The van der Waals surface area contributed by atoms with Gasteiger partial charge in [-0.1, -0.05) is 38.3 Å². The summed E-state index contributed by atoms with van der Waals surface area (Å²) in [7, 11) is 0. The van der Waals surface area contributed by atoms with Crippen LogP contribution in [0.1, 0.15) is 38.2 Å². The number of aliphatic hydroxyl groups excluding tert-OH is 1. The molecular weight excluding hydrogens is 186 g/mol. The number of unbranched alkanes of at least 4 members (excludes halogenated alkanes) is 3. The smallest absolute Gasteiger partial charge is 0.0682 e. The normalized spacial score (nSPS) is 10.3. The van der Waals surface area contributed by atoms with E-state index >= 15 is 0 Å². The summed E-state index contributed by atoms with van der Waals surface area (Å²) in [6, 6.07) is 7.95. The van der Waals surface area contributed by atoms with E-state index < -0.39 is 0 Å².